The minimum atomic E-state index is -3.65. The third kappa shape index (κ3) is 3.42. The molecule has 4 nitrogen and oxygen atoms in total. The fourth-order valence-corrected chi connectivity index (χ4v) is 2.39. The number of ether oxygens (including phenoxy) is 1. The molecule has 0 aliphatic rings. The molecular formula is C14H13NO3S. The van der Waals surface area contributed by atoms with Crippen LogP contribution in [0.15, 0.2) is 63.9 Å². The van der Waals surface area contributed by atoms with E-state index in [-0.39, 0.29) is 4.90 Å². The van der Waals surface area contributed by atoms with Crippen molar-refractivity contribution in [1.29, 1.82) is 0 Å². The molecule has 5 heteroatoms. The molecule has 0 spiro atoms. The predicted molar refractivity (Wildman–Crippen MR) is 74.2 cm³/mol. The Morgan fingerprint density at radius 1 is 1.05 bits per heavy atom. The van der Waals surface area contributed by atoms with Gasteiger partial charge in [-0.05, 0) is 29.8 Å². The normalized spacial score (nSPS) is 11.6. The molecule has 0 unspecified atom stereocenters. The van der Waals surface area contributed by atoms with Gasteiger partial charge in [-0.3, -0.25) is 0 Å². The highest BCUT2D eigenvalue weighted by molar-refractivity contribution is 7.90. The van der Waals surface area contributed by atoms with E-state index in [4.69, 9.17) is 4.74 Å². The zero-order valence-corrected chi connectivity index (χ0v) is 11.2. The van der Waals surface area contributed by atoms with Crippen LogP contribution in [-0.2, 0) is 10.0 Å². The summed E-state index contributed by atoms with van der Waals surface area (Å²) in [4.78, 5) is 0.175. The molecule has 0 aliphatic carbocycles. The van der Waals surface area contributed by atoms with Gasteiger partial charge in [0.05, 0.1) is 12.0 Å². The molecule has 0 aliphatic heterocycles. The molecule has 0 saturated carbocycles. The van der Waals surface area contributed by atoms with Crippen LogP contribution < -0.4 is 4.74 Å². The van der Waals surface area contributed by atoms with Gasteiger partial charge >= 0.3 is 0 Å². The molecule has 0 saturated heterocycles. The van der Waals surface area contributed by atoms with Crippen molar-refractivity contribution in [3.63, 3.8) is 0 Å². The van der Waals surface area contributed by atoms with Crippen LogP contribution >= 0.6 is 0 Å². The Labute approximate surface area is 112 Å². The van der Waals surface area contributed by atoms with Crippen LogP contribution in [0.5, 0.6) is 5.75 Å². The standard InChI is InChI=1S/C14H13NO3S/c1-18-13-7-5-6-12(10-13)11-15-19(16,17)14-8-3-2-4-9-14/h2-11H,1H3/b15-11-. The number of methoxy groups -OCH3 is 1. The van der Waals surface area contributed by atoms with Crippen molar-refractivity contribution >= 4 is 16.2 Å². The van der Waals surface area contributed by atoms with E-state index in [1.165, 1.54) is 18.3 Å². The van der Waals surface area contributed by atoms with Crippen LogP contribution in [0.2, 0.25) is 0 Å². The van der Waals surface area contributed by atoms with Gasteiger partial charge < -0.3 is 4.74 Å². The molecule has 2 aromatic carbocycles. The highest BCUT2D eigenvalue weighted by Crippen LogP contribution is 2.13. The lowest BCUT2D eigenvalue weighted by molar-refractivity contribution is 0.415. The summed E-state index contributed by atoms with van der Waals surface area (Å²) in [6.45, 7) is 0. The van der Waals surface area contributed by atoms with Gasteiger partial charge in [0.1, 0.15) is 5.75 Å². The molecule has 2 aromatic rings. The second-order valence-electron chi connectivity index (χ2n) is 3.80. The molecule has 0 radical (unpaired) electrons. The molecule has 0 atom stereocenters. The van der Waals surface area contributed by atoms with Crippen LogP contribution in [0.4, 0.5) is 0 Å². The molecule has 0 bridgehead atoms. The lowest BCUT2D eigenvalue weighted by Gasteiger charge is -2.00. The van der Waals surface area contributed by atoms with E-state index in [9.17, 15) is 8.42 Å². The summed E-state index contributed by atoms with van der Waals surface area (Å²) in [5.74, 6) is 0.654. The highest BCUT2D eigenvalue weighted by atomic mass is 32.2. The molecule has 0 amide bonds. The van der Waals surface area contributed by atoms with E-state index in [1.54, 1.807) is 49.6 Å². The maximum Gasteiger partial charge on any atom is 0.282 e. The topological polar surface area (TPSA) is 55.7 Å². The maximum atomic E-state index is 11.9. The van der Waals surface area contributed by atoms with Crippen molar-refractivity contribution in [1.82, 2.24) is 0 Å². The van der Waals surface area contributed by atoms with E-state index < -0.39 is 10.0 Å². The minimum absolute atomic E-state index is 0.175. The van der Waals surface area contributed by atoms with Gasteiger partial charge in [-0.15, -0.1) is 0 Å². The molecule has 2 rings (SSSR count). The summed E-state index contributed by atoms with van der Waals surface area (Å²) in [5, 5.41) is 0. The quantitative estimate of drug-likeness (QED) is 0.806. The number of nitrogens with zero attached hydrogens (tertiary/aromatic N) is 1. The smallest absolute Gasteiger partial charge is 0.282 e. The Balaban J connectivity index is 2.27. The summed E-state index contributed by atoms with van der Waals surface area (Å²) in [5.41, 5.74) is 0.666. The largest absolute Gasteiger partial charge is 0.497 e. The Bertz CT molecular complexity index is 679. The first-order valence-corrected chi connectivity index (χ1v) is 7.05. The lowest BCUT2D eigenvalue weighted by atomic mass is 10.2. The Kier molecular flexibility index (Phi) is 3.97. The van der Waals surface area contributed by atoms with Gasteiger partial charge in [-0.25, -0.2) is 0 Å². The lowest BCUT2D eigenvalue weighted by Crippen LogP contribution is -1.97. The fourth-order valence-electron chi connectivity index (χ4n) is 1.51. The van der Waals surface area contributed by atoms with Crippen molar-refractivity contribution < 1.29 is 13.2 Å². The number of benzene rings is 2. The Morgan fingerprint density at radius 2 is 1.79 bits per heavy atom. The number of hydrogen-bond acceptors (Lipinski definition) is 3. The summed E-state index contributed by atoms with van der Waals surface area (Å²) in [6, 6.07) is 15.1. The zero-order chi connectivity index (χ0) is 13.7. The van der Waals surface area contributed by atoms with Crippen molar-refractivity contribution in [2.24, 2.45) is 4.40 Å². The second-order valence-corrected chi connectivity index (χ2v) is 5.43. The van der Waals surface area contributed by atoms with Crippen LogP contribution in [0.1, 0.15) is 5.56 Å². The summed E-state index contributed by atoms with van der Waals surface area (Å²) >= 11 is 0. The van der Waals surface area contributed by atoms with E-state index in [2.05, 4.69) is 4.40 Å². The van der Waals surface area contributed by atoms with Crippen molar-refractivity contribution in [2.75, 3.05) is 7.11 Å². The average Bonchev–Trinajstić information content (AvgIpc) is 2.46. The third-order valence-electron chi connectivity index (χ3n) is 2.48. The first-order valence-electron chi connectivity index (χ1n) is 5.61. The molecule has 0 N–H and O–H groups in total. The Hall–Kier alpha value is -2.14. The van der Waals surface area contributed by atoms with Crippen molar-refractivity contribution in [3.05, 3.63) is 60.2 Å². The average molecular weight is 275 g/mol. The SMILES string of the molecule is COc1cccc(/C=N\S(=O)(=O)c2ccccc2)c1. The van der Waals surface area contributed by atoms with E-state index >= 15 is 0 Å². The first-order chi connectivity index (χ1) is 9.12. The van der Waals surface area contributed by atoms with E-state index in [0.29, 0.717) is 11.3 Å². The number of hydrogen-bond donors (Lipinski definition) is 0. The zero-order valence-electron chi connectivity index (χ0n) is 10.4. The van der Waals surface area contributed by atoms with Crippen molar-refractivity contribution in [2.45, 2.75) is 4.90 Å². The van der Waals surface area contributed by atoms with Crippen LogP contribution in [0.25, 0.3) is 0 Å². The van der Waals surface area contributed by atoms with Crippen LogP contribution in [-0.4, -0.2) is 21.7 Å². The molecule has 0 fully saturated rings. The molecule has 0 aromatic heterocycles. The molecule has 19 heavy (non-hydrogen) atoms. The number of rotatable bonds is 4. The van der Waals surface area contributed by atoms with Gasteiger partial charge in [-0.2, -0.15) is 12.8 Å². The second kappa shape index (κ2) is 5.67. The van der Waals surface area contributed by atoms with Crippen molar-refractivity contribution in [3.8, 4) is 5.75 Å². The van der Waals surface area contributed by atoms with Gasteiger partial charge in [0.2, 0.25) is 0 Å². The highest BCUT2D eigenvalue weighted by Gasteiger charge is 2.10. The van der Waals surface area contributed by atoms with E-state index in [1.807, 2.05) is 0 Å². The number of sulfonamides is 1. The van der Waals surface area contributed by atoms with Gasteiger partial charge in [0, 0.05) is 6.21 Å². The molecular weight excluding hydrogens is 262 g/mol. The van der Waals surface area contributed by atoms with Crippen LogP contribution in [0.3, 0.4) is 0 Å². The minimum Gasteiger partial charge on any atom is -0.497 e. The first kappa shape index (κ1) is 13.3. The Morgan fingerprint density at radius 3 is 2.47 bits per heavy atom. The molecule has 0 heterocycles. The third-order valence-corrected chi connectivity index (χ3v) is 3.73. The van der Waals surface area contributed by atoms with E-state index in [0.717, 1.165) is 0 Å². The van der Waals surface area contributed by atoms with Gasteiger partial charge in [-0.1, -0.05) is 30.3 Å². The maximum absolute atomic E-state index is 11.9. The predicted octanol–water partition coefficient (Wildman–Crippen LogP) is 2.50. The van der Waals surface area contributed by atoms with Gasteiger partial charge in [0.25, 0.3) is 10.0 Å². The fraction of sp³-hybridized carbons (Fsp3) is 0.0714. The van der Waals surface area contributed by atoms with Gasteiger partial charge in [0.15, 0.2) is 0 Å². The summed E-state index contributed by atoms with van der Waals surface area (Å²) in [6.07, 6.45) is 1.31. The summed E-state index contributed by atoms with van der Waals surface area (Å²) in [7, 11) is -2.10. The van der Waals surface area contributed by atoms with Crippen LogP contribution in [0, 0.1) is 0 Å². The summed E-state index contributed by atoms with van der Waals surface area (Å²) < 4.78 is 32.6. The monoisotopic (exact) mass is 275 g/mol. The molecule has 98 valence electrons.